The quantitative estimate of drug-likeness (QED) is 0.211. The topological polar surface area (TPSA) is 0 Å². The van der Waals surface area contributed by atoms with Crippen molar-refractivity contribution in [2.24, 2.45) is 0 Å². The predicted octanol–water partition coefficient (Wildman–Crippen LogP) is 12.0. The maximum Gasteiger partial charge on any atom is 0.0719 e. The summed E-state index contributed by atoms with van der Waals surface area (Å²) >= 11 is 0. The highest BCUT2D eigenvalue weighted by Crippen LogP contribution is 2.59. The Morgan fingerprint density at radius 1 is 0.475 bits per heavy atom. The van der Waals surface area contributed by atoms with E-state index in [-0.39, 0.29) is 5.41 Å². The molecule has 40 heavy (non-hydrogen) atoms. The third kappa shape index (κ3) is 5.83. The number of hydrogen-bond donors (Lipinski definition) is 0. The lowest BCUT2D eigenvalue weighted by atomic mass is 9.61. The van der Waals surface area contributed by atoms with Gasteiger partial charge in [-0.2, -0.15) is 0 Å². The molecule has 0 N–H and O–H groups in total. The first kappa shape index (κ1) is 33.1. The number of fused-ring (bicyclic) bond motifs is 9. The van der Waals surface area contributed by atoms with Crippen molar-refractivity contribution in [3.8, 4) is 11.1 Å². The smallest absolute Gasteiger partial charge is 0.0683 e. The van der Waals surface area contributed by atoms with E-state index >= 15 is 0 Å². The van der Waals surface area contributed by atoms with Crippen LogP contribution in [0.3, 0.4) is 0 Å². The minimum Gasteiger partial charge on any atom is -0.0683 e. The van der Waals surface area contributed by atoms with Gasteiger partial charge in [0.1, 0.15) is 0 Å². The van der Waals surface area contributed by atoms with Crippen molar-refractivity contribution in [3.63, 3.8) is 0 Å². The van der Waals surface area contributed by atoms with Crippen LogP contribution in [-0.4, -0.2) is 0 Å². The average molecular weight is 535 g/mol. The molecule has 214 valence electrons. The van der Waals surface area contributed by atoms with Gasteiger partial charge in [0.05, 0.1) is 5.41 Å². The lowest BCUT2D eigenvalue weighted by Crippen LogP contribution is -2.34. The number of rotatable bonds is 4. The minimum atomic E-state index is -0.219. The number of hydrogen-bond acceptors (Lipinski definition) is 0. The molecule has 0 bridgehead atoms. The normalized spacial score (nSPS) is 12.2. The monoisotopic (exact) mass is 534 g/mol. The standard InChI is InChI=1S/C32H30.4C2H6/c1-3-9-22-15-17-26-27-18-16-23(10-4-2)20-31(27)32(30(26)19-22)28-13-7-5-11-24(28)21-25-12-6-8-14-29(25)32;4*1-2/h5-8,11-20H,3-4,9-10,21H2,1-2H3;4*1-2H3. The molecule has 0 radical (unpaired) electrons. The summed E-state index contributed by atoms with van der Waals surface area (Å²) in [5, 5.41) is 0. The first-order chi connectivity index (χ1) is 19.8. The highest BCUT2D eigenvalue weighted by atomic mass is 14.5. The molecule has 2 aliphatic carbocycles. The lowest BCUT2D eigenvalue weighted by Gasteiger charge is -2.40. The fourth-order valence-electron chi connectivity index (χ4n) is 6.32. The van der Waals surface area contributed by atoms with Gasteiger partial charge in [0, 0.05) is 0 Å². The molecule has 0 heteroatoms. The number of aryl methyl sites for hydroxylation is 2. The van der Waals surface area contributed by atoms with Crippen LogP contribution < -0.4 is 0 Å². The molecule has 0 unspecified atom stereocenters. The Bertz CT molecular complexity index is 1220. The van der Waals surface area contributed by atoms with Gasteiger partial charge in [-0.15, -0.1) is 0 Å². The van der Waals surface area contributed by atoms with E-state index in [4.69, 9.17) is 0 Å². The molecule has 0 aromatic heterocycles. The summed E-state index contributed by atoms with van der Waals surface area (Å²) in [5.41, 5.74) is 14.3. The first-order valence-electron chi connectivity index (χ1n) is 16.2. The van der Waals surface area contributed by atoms with Crippen molar-refractivity contribution in [1.82, 2.24) is 0 Å². The molecular weight excluding hydrogens is 480 g/mol. The maximum atomic E-state index is 2.53. The fourth-order valence-corrected chi connectivity index (χ4v) is 6.32. The Kier molecular flexibility index (Phi) is 13.4. The molecule has 0 nitrogen and oxygen atoms in total. The van der Waals surface area contributed by atoms with Gasteiger partial charge in [0.2, 0.25) is 0 Å². The Hall–Kier alpha value is -3.12. The molecular formula is C40H54. The summed E-state index contributed by atoms with van der Waals surface area (Å²) in [4.78, 5) is 0. The highest BCUT2D eigenvalue weighted by molar-refractivity contribution is 5.88. The molecule has 2 aliphatic rings. The van der Waals surface area contributed by atoms with Crippen molar-refractivity contribution < 1.29 is 0 Å². The van der Waals surface area contributed by atoms with Gasteiger partial charge in [-0.3, -0.25) is 0 Å². The van der Waals surface area contributed by atoms with Gasteiger partial charge in [-0.1, -0.05) is 167 Å². The van der Waals surface area contributed by atoms with Crippen molar-refractivity contribution in [3.05, 3.63) is 129 Å². The summed E-state index contributed by atoms with van der Waals surface area (Å²) in [6.07, 6.45) is 5.62. The molecule has 4 aromatic rings. The van der Waals surface area contributed by atoms with Crippen LogP contribution in [0.4, 0.5) is 0 Å². The van der Waals surface area contributed by atoms with Crippen LogP contribution in [-0.2, 0) is 24.7 Å². The van der Waals surface area contributed by atoms with Gasteiger partial charge < -0.3 is 0 Å². The molecule has 0 amide bonds. The van der Waals surface area contributed by atoms with Crippen LogP contribution in [0.25, 0.3) is 11.1 Å². The summed E-state index contributed by atoms with van der Waals surface area (Å²) in [6.45, 7) is 20.6. The SMILES string of the molecule is CC.CC.CC.CC.CCCc1ccc2c(c1)C1(c3ccccc3Cc3ccccc31)c1cc(CCC)ccc1-2. The molecule has 0 saturated heterocycles. The molecule has 4 aromatic carbocycles. The molecule has 1 spiro atoms. The minimum absolute atomic E-state index is 0.219. The Balaban J connectivity index is 0.000000646. The Labute approximate surface area is 246 Å². The van der Waals surface area contributed by atoms with Crippen molar-refractivity contribution >= 4 is 0 Å². The van der Waals surface area contributed by atoms with E-state index < -0.39 is 0 Å². The molecule has 0 aliphatic heterocycles. The third-order valence-corrected chi connectivity index (χ3v) is 7.57. The van der Waals surface area contributed by atoms with Gasteiger partial charge in [-0.05, 0) is 74.9 Å². The summed E-state index contributed by atoms with van der Waals surface area (Å²) in [6, 6.07) is 32.9. The zero-order chi connectivity index (χ0) is 29.7. The van der Waals surface area contributed by atoms with Crippen LogP contribution in [0.15, 0.2) is 84.9 Å². The van der Waals surface area contributed by atoms with E-state index in [0.717, 1.165) is 19.3 Å². The van der Waals surface area contributed by atoms with Crippen LogP contribution in [0.2, 0.25) is 0 Å². The van der Waals surface area contributed by atoms with Crippen LogP contribution >= 0.6 is 0 Å². The average Bonchev–Trinajstić information content (AvgIpc) is 3.31. The van der Waals surface area contributed by atoms with Crippen molar-refractivity contribution in [2.75, 3.05) is 0 Å². The molecule has 0 saturated carbocycles. The molecule has 0 fully saturated rings. The van der Waals surface area contributed by atoms with Crippen LogP contribution in [0, 0.1) is 0 Å². The predicted molar refractivity (Wildman–Crippen MR) is 180 cm³/mol. The van der Waals surface area contributed by atoms with Crippen LogP contribution in [0.1, 0.15) is 127 Å². The van der Waals surface area contributed by atoms with E-state index in [1.165, 1.54) is 68.5 Å². The van der Waals surface area contributed by atoms with E-state index in [0.29, 0.717) is 0 Å². The molecule has 6 rings (SSSR count). The van der Waals surface area contributed by atoms with E-state index in [2.05, 4.69) is 98.8 Å². The second kappa shape index (κ2) is 16.2. The van der Waals surface area contributed by atoms with Crippen LogP contribution in [0.5, 0.6) is 0 Å². The maximum absolute atomic E-state index is 2.53. The fraction of sp³-hybridized carbons (Fsp3) is 0.400. The van der Waals surface area contributed by atoms with Crippen molar-refractivity contribution in [2.45, 2.75) is 107 Å². The van der Waals surface area contributed by atoms with Gasteiger partial charge in [0.15, 0.2) is 0 Å². The highest BCUT2D eigenvalue weighted by Gasteiger charge is 2.49. The van der Waals surface area contributed by atoms with Gasteiger partial charge >= 0.3 is 0 Å². The summed E-state index contributed by atoms with van der Waals surface area (Å²) in [7, 11) is 0. The first-order valence-corrected chi connectivity index (χ1v) is 16.2. The second-order valence-corrected chi connectivity index (χ2v) is 9.50. The van der Waals surface area contributed by atoms with E-state index in [1.54, 1.807) is 0 Å². The van der Waals surface area contributed by atoms with Gasteiger partial charge in [-0.25, -0.2) is 0 Å². The zero-order valence-electron chi connectivity index (χ0n) is 27.1. The molecule has 0 atom stereocenters. The second-order valence-electron chi connectivity index (χ2n) is 9.50. The van der Waals surface area contributed by atoms with Crippen molar-refractivity contribution in [1.29, 1.82) is 0 Å². The molecule has 0 heterocycles. The zero-order valence-corrected chi connectivity index (χ0v) is 27.1. The largest absolute Gasteiger partial charge is 0.0719 e. The lowest BCUT2D eigenvalue weighted by molar-refractivity contribution is 0.718. The number of benzene rings is 4. The summed E-state index contributed by atoms with van der Waals surface area (Å²) < 4.78 is 0. The Morgan fingerprint density at radius 3 is 1.23 bits per heavy atom. The van der Waals surface area contributed by atoms with E-state index in [9.17, 15) is 0 Å². The van der Waals surface area contributed by atoms with Gasteiger partial charge in [0.25, 0.3) is 0 Å². The Morgan fingerprint density at radius 2 is 0.850 bits per heavy atom. The summed E-state index contributed by atoms with van der Waals surface area (Å²) in [5.74, 6) is 0. The van der Waals surface area contributed by atoms with E-state index in [1.807, 2.05) is 55.4 Å². The third-order valence-electron chi connectivity index (χ3n) is 7.57.